The van der Waals surface area contributed by atoms with Crippen LogP contribution in [0.15, 0.2) is 54.6 Å². The third-order valence-electron chi connectivity index (χ3n) is 5.77. The minimum atomic E-state index is -3.76. The van der Waals surface area contributed by atoms with Crippen LogP contribution in [0.1, 0.15) is 39.7 Å². The van der Waals surface area contributed by atoms with Crippen LogP contribution in [0.2, 0.25) is 0 Å². The van der Waals surface area contributed by atoms with Crippen molar-refractivity contribution in [2.24, 2.45) is 0 Å². The molecule has 2 rings (SSSR count). The number of hydrogen-bond donors (Lipinski definition) is 1. The van der Waals surface area contributed by atoms with Crippen molar-refractivity contribution in [3.8, 4) is 5.75 Å². The number of rotatable bonds is 13. The molecular weight excluding hydrogens is 466 g/mol. The van der Waals surface area contributed by atoms with E-state index < -0.39 is 28.5 Å². The second-order valence-corrected chi connectivity index (χ2v) is 10.4. The normalized spacial score (nSPS) is 12.9. The van der Waals surface area contributed by atoms with E-state index in [9.17, 15) is 18.0 Å². The largest absolute Gasteiger partial charge is 0.494 e. The van der Waals surface area contributed by atoms with E-state index in [-0.39, 0.29) is 18.5 Å². The first kappa shape index (κ1) is 28.2. The van der Waals surface area contributed by atoms with Crippen molar-refractivity contribution in [3.63, 3.8) is 0 Å². The Bertz CT molecular complexity index is 1060. The Balaban J connectivity index is 2.29. The quantitative estimate of drug-likeness (QED) is 0.453. The number of carbonyl (C=O) groups excluding carboxylic acids is 2. The third-order valence-corrected chi connectivity index (χ3v) is 6.91. The van der Waals surface area contributed by atoms with Crippen molar-refractivity contribution in [2.45, 2.75) is 52.6 Å². The van der Waals surface area contributed by atoms with Gasteiger partial charge in [-0.3, -0.25) is 13.9 Å². The summed E-state index contributed by atoms with van der Waals surface area (Å²) < 4.78 is 31.7. The van der Waals surface area contributed by atoms with Gasteiger partial charge in [-0.05, 0) is 63.4 Å². The highest BCUT2D eigenvalue weighted by atomic mass is 32.2. The highest BCUT2D eigenvalue weighted by molar-refractivity contribution is 7.92. The Morgan fingerprint density at radius 3 is 2.17 bits per heavy atom. The molecule has 0 saturated heterocycles. The van der Waals surface area contributed by atoms with Gasteiger partial charge >= 0.3 is 0 Å². The molecule has 0 radical (unpaired) electrons. The van der Waals surface area contributed by atoms with E-state index in [1.165, 1.54) is 4.90 Å². The van der Waals surface area contributed by atoms with Crippen LogP contribution in [0.4, 0.5) is 5.69 Å². The van der Waals surface area contributed by atoms with E-state index in [1.807, 2.05) is 51.1 Å². The van der Waals surface area contributed by atoms with Gasteiger partial charge in [0.1, 0.15) is 18.3 Å². The zero-order valence-corrected chi connectivity index (χ0v) is 22.0. The van der Waals surface area contributed by atoms with Gasteiger partial charge in [-0.2, -0.15) is 0 Å². The lowest BCUT2D eigenvalue weighted by Gasteiger charge is -2.32. The highest BCUT2D eigenvalue weighted by Crippen LogP contribution is 2.22. The molecule has 0 aromatic heterocycles. The second kappa shape index (κ2) is 13.1. The van der Waals surface area contributed by atoms with Gasteiger partial charge in [-0.15, -0.1) is 0 Å². The summed E-state index contributed by atoms with van der Waals surface area (Å²) in [5.74, 6) is -0.115. The van der Waals surface area contributed by atoms with Crippen molar-refractivity contribution in [1.29, 1.82) is 0 Å². The zero-order valence-electron chi connectivity index (χ0n) is 21.2. The summed E-state index contributed by atoms with van der Waals surface area (Å²) in [5.41, 5.74) is 1.37. The van der Waals surface area contributed by atoms with Gasteiger partial charge in [0, 0.05) is 12.6 Å². The first-order valence-electron chi connectivity index (χ1n) is 11.9. The Kier molecular flexibility index (Phi) is 10.6. The van der Waals surface area contributed by atoms with E-state index in [0.717, 1.165) is 22.5 Å². The molecule has 2 aromatic carbocycles. The Morgan fingerprint density at radius 2 is 1.63 bits per heavy atom. The molecule has 0 aliphatic heterocycles. The van der Waals surface area contributed by atoms with Crippen LogP contribution < -0.4 is 14.4 Å². The molecule has 0 aliphatic rings. The topological polar surface area (TPSA) is 96.0 Å². The van der Waals surface area contributed by atoms with Crippen molar-refractivity contribution < 1.29 is 22.7 Å². The summed E-state index contributed by atoms with van der Waals surface area (Å²) >= 11 is 0. The fraction of sp³-hybridized carbons (Fsp3) is 0.462. The summed E-state index contributed by atoms with van der Waals surface area (Å²) in [4.78, 5) is 27.8. The lowest BCUT2D eigenvalue weighted by atomic mass is 10.1. The number of nitrogens with one attached hydrogen (secondary N) is 1. The molecule has 0 unspecified atom stereocenters. The monoisotopic (exact) mass is 503 g/mol. The predicted octanol–water partition coefficient (Wildman–Crippen LogP) is 3.23. The lowest BCUT2D eigenvalue weighted by Crippen LogP contribution is -2.53. The summed E-state index contributed by atoms with van der Waals surface area (Å²) in [6.07, 6.45) is 2.36. The van der Waals surface area contributed by atoms with Crippen molar-refractivity contribution >= 4 is 27.5 Å². The Hall–Kier alpha value is -3.07. The molecule has 9 heteroatoms. The molecule has 2 atom stereocenters. The maximum Gasteiger partial charge on any atom is 0.244 e. The van der Waals surface area contributed by atoms with Gasteiger partial charge in [-0.1, -0.05) is 37.3 Å². The van der Waals surface area contributed by atoms with Crippen LogP contribution in [0, 0.1) is 0 Å². The molecule has 0 saturated carbocycles. The number of carbonyl (C=O) groups is 2. The maximum absolute atomic E-state index is 13.5. The number of nitrogens with zero attached hydrogens (tertiary/aromatic N) is 2. The minimum Gasteiger partial charge on any atom is -0.494 e. The Labute approximate surface area is 209 Å². The van der Waals surface area contributed by atoms with Gasteiger partial charge in [0.05, 0.1) is 18.6 Å². The molecule has 0 heterocycles. The molecule has 192 valence electrons. The number of amides is 2. The average molecular weight is 504 g/mol. The van der Waals surface area contributed by atoms with Gasteiger partial charge in [-0.25, -0.2) is 8.42 Å². The van der Waals surface area contributed by atoms with Gasteiger partial charge < -0.3 is 15.0 Å². The van der Waals surface area contributed by atoms with Crippen LogP contribution in [0.25, 0.3) is 0 Å². The molecule has 2 amide bonds. The van der Waals surface area contributed by atoms with Crippen molar-refractivity contribution in [3.05, 3.63) is 60.2 Å². The molecule has 1 N–H and O–H groups in total. The zero-order chi connectivity index (χ0) is 26.0. The first-order valence-corrected chi connectivity index (χ1v) is 13.8. The summed E-state index contributed by atoms with van der Waals surface area (Å²) in [6.45, 7) is 7.75. The molecular formula is C26H37N3O5S. The van der Waals surface area contributed by atoms with E-state index in [2.05, 4.69) is 5.32 Å². The van der Waals surface area contributed by atoms with Crippen LogP contribution in [0.5, 0.6) is 5.75 Å². The highest BCUT2D eigenvalue weighted by Gasteiger charge is 2.30. The number of hydrogen-bond acceptors (Lipinski definition) is 5. The van der Waals surface area contributed by atoms with Crippen LogP contribution in [0.3, 0.4) is 0 Å². The standard InChI is InChI=1S/C26H37N3O5S/c1-6-20(3)27-26(31)21(4)28(18-17-22-11-9-8-10-12-22)25(30)19-29(35(5,32)33)23-13-15-24(16-14-23)34-7-2/h8-16,20-21H,6-7,17-19H2,1-5H3,(H,27,31)/t20-,21-/m0/s1. The molecule has 8 nitrogen and oxygen atoms in total. The third kappa shape index (κ3) is 8.58. The Morgan fingerprint density at radius 1 is 1.00 bits per heavy atom. The number of anilines is 1. The average Bonchev–Trinajstić information content (AvgIpc) is 2.83. The maximum atomic E-state index is 13.5. The predicted molar refractivity (Wildman–Crippen MR) is 139 cm³/mol. The molecule has 0 fully saturated rings. The summed E-state index contributed by atoms with van der Waals surface area (Å²) in [6, 6.07) is 15.4. The van der Waals surface area contributed by atoms with Crippen molar-refractivity contribution in [1.82, 2.24) is 10.2 Å². The van der Waals surface area contributed by atoms with Crippen molar-refractivity contribution in [2.75, 3.05) is 30.3 Å². The molecule has 35 heavy (non-hydrogen) atoms. The van der Waals surface area contributed by atoms with E-state index in [1.54, 1.807) is 31.2 Å². The SMILES string of the molecule is CCOc1ccc(N(CC(=O)N(CCc2ccccc2)[C@@H](C)C(=O)N[C@@H](C)CC)S(C)(=O)=O)cc1. The van der Waals surface area contributed by atoms with Gasteiger partial charge in [0.25, 0.3) is 0 Å². The minimum absolute atomic E-state index is 0.0348. The van der Waals surface area contributed by atoms with E-state index >= 15 is 0 Å². The number of benzene rings is 2. The van der Waals surface area contributed by atoms with Crippen LogP contribution >= 0.6 is 0 Å². The lowest BCUT2D eigenvalue weighted by molar-refractivity contribution is -0.139. The number of ether oxygens (including phenoxy) is 1. The summed E-state index contributed by atoms with van der Waals surface area (Å²) in [7, 11) is -3.76. The van der Waals surface area contributed by atoms with Gasteiger partial charge in [0.2, 0.25) is 21.8 Å². The fourth-order valence-electron chi connectivity index (χ4n) is 3.52. The molecule has 2 aromatic rings. The van der Waals surface area contributed by atoms with Gasteiger partial charge in [0.15, 0.2) is 0 Å². The fourth-order valence-corrected chi connectivity index (χ4v) is 4.37. The van der Waals surface area contributed by atoms with Crippen LogP contribution in [-0.2, 0) is 26.0 Å². The van der Waals surface area contributed by atoms with E-state index in [4.69, 9.17) is 4.74 Å². The molecule has 0 aliphatic carbocycles. The molecule has 0 spiro atoms. The smallest absolute Gasteiger partial charge is 0.244 e. The van der Waals surface area contributed by atoms with Crippen LogP contribution in [-0.4, -0.2) is 63.2 Å². The van der Waals surface area contributed by atoms with E-state index in [0.29, 0.717) is 24.5 Å². The number of sulfonamides is 1. The summed E-state index contributed by atoms with van der Waals surface area (Å²) in [5, 5.41) is 2.92. The first-order chi connectivity index (χ1) is 16.6. The second-order valence-electron chi connectivity index (χ2n) is 8.51. The molecule has 0 bridgehead atoms.